The van der Waals surface area contributed by atoms with E-state index in [1.165, 1.54) is 0 Å². The lowest BCUT2D eigenvalue weighted by Gasteiger charge is -2.13. The van der Waals surface area contributed by atoms with Crippen LogP contribution < -0.4 is 10.9 Å². The molecule has 0 saturated carbocycles. The highest BCUT2D eigenvalue weighted by molar-refractivity contribution is 6.05. The van der Waals surface area contributed by atoms with Crippen LogP contribution in [0.2, 0.25) is 0 Å². The van der Waals surface area contributed by atoms with E-state index in [4.69, 9.17) is 0 Å². The van der Waals surface area contributed by atoms with Crippen molar-refractivity contribution in [2.75, 3.05) is 5.32 Å². The summed E-state index contributed by atoms with van der Waals surface area (Å²) < 4.78 is 1.56. The summed E-state index contributed by atoms with van der Waals surface area (Å²) in [4.78, 5) is 30.5. The first-order chi connectivity index (χ1) is 14.0. The van der Waals surface area contributed by atoms with Crippen molar-refractivity contribution in [2.45, 2.75) is 20.4 Å². The Hall–Kier alpha value is -3.73. The molecule has 4 rings (SSSR count). The number of aryl methyl sites for hydroxylation is 2. The van der Waals surface area contributed by atoms with Gasteiger partial charge in [-0.1, -0.05) is 36.4 Å². The minimum atomic E-state index is -0.425. The maximum Gasteiger partial charge on any atom is 0.265 e. The van der Waals surface area contributed by atoms with Gasteiger partial charge in [0.2, 0.25) is 0 Å². The summed E-state index contributed by atoms with van der Waals surface area (Å²) in [5.41, 5.74) is 4.15. The van der Waals surface area contributed by atoms with Crippen molar-refractivity contribution < 1.29 is 4.79 Å². The van der Waals surface area contributed by atoms with E-state index >= 15 is 0 Å². The molecular weight excluding hydrogens is 362 g/mol. The van der Waals surface area contributed by atoms with Gasteiger partial charge in [-0.2, -0.15) is 0 Å². The Morgan fingerprint density at radius 1 is 0.966 bits per heavy atom. The van der Waals surface area contributed by atoms with E-state index in [0.29, 0.717) is 17.9 Å². The number of nitrogens with one attached hydrogen (secondary N) is 1. The second-order valence-corrected chi connectivity index (χ2v) is 7.10. The fourth-order valence-corrected chi connectivity index (χ4v) is 3.30. The van der Waals surface area contributed by atoms with Crippen LogP contribution in [0, 0.1) is 13.8 Å². The van der Waals surface area contributed by atoms with Gasteiger partial charge in [0.05, 0.1) is 6.54 Å². The van der Waals surface area contributed by atoms with Gasteiger partial charge in [-0.15, -0.1) is 0 Å². The number of nitrogens with zero attached hydrogens (tertiary/aromatic N) is 2. The van der Waals surface area contributed by atoms with Gasteiger partial charge in [0.15, 0.2) is 0 Å². The number of fused-ring (bicyclic) bond motifs is 1. The van der Waals surface area contributed by atoms with Gasteiger partial charge in [-0.3, -0.25) is 14.2 Å². The molecule has 2 aromatic heterocycles. The van der Waals surface area contributed by atoms with Crippen molar-refractivity contribution >= 4 is 22.6 Å². The highest BCUT2D eigenvalue weighted by Gasteiger charge is 2.17. The SMILES string of the molecule is Cc1ccc(NC(=O)c2cc3cccnc3n(Cc3ccccc3)c2=O)cc1C. The van der Waals surface area contributed by atoms with E-state index < -0.39 is 5.91 Å². The van der Waals surface area contributed by atoms with Crippen LogP contribution >= 0.6 is 0 Å². The van der Waals surface area contributed by atoms with Gasteiger partial charge in [0, 0.05) is 17.3 Å². The maximum absolute atomic E-state index is 13.2. The first-order valence-electron chi connectivity index (χ1n) is 9.44. The average molecular weight is 383 g/mol. The third-order valence-corrected chi connectivity index (χ3v) is 5.04. The fourth-order valence-electron chi connectivity index (χ4n) is 3.30. The summed E-state index contributed by atoms with van der Waals surface area (Å²) in [6.45, 7) is 4.34. The molecule has 144 valence electrons. The van der Waals surface area contributed by atoms with E-state index in [0.717, 1.165) is 22.1 Å². The van der Waals surface area contributed by atoms with E-state index in [-0.39, 0.29) is 11.1 Å². The van der Waals surface area contributed by atoms with Gasteiger partial charge in [-0.05, 0) is 60.9 Å². The van der Waals surface area contributed by atoms with Gasteiger partial charge in [0.1, 0.15) is 11.2 Å². The molecule has 0 aliphatic rings. The molecule has 1 N–H and O–H groups in total. The molecule has 2 heterocycles. The number of carbonyl (C=O) groups excluding carboxylic acids is 1. The Kier molecular flexibility index (Phi) is 4.96. The zero-order chi connectivity index (χ0) is 20.4. The van der Waals surface area contributed by atoms with Crippen LogP contribution in [-0.4, -0.2) is 15.5 Å². The Morgan fingerprint density at radius 3 is 2.52 bits per heavy atom. The van der Waals surface area contributed by atoms with Crippen LogP contribution in [0.15, 0.2) is 77.7 Å². The maximum atomic E-state index is 13.2. The Labute approximate surface area is 168 Å². The number of rotatable bonds is 4. The molecule has 0 spiro atoms. The summed E-state index contributed by atoms with van der Waals surface area (Å²) in [6, 6.07) is 20.6. The lowest BCUT2D eigenvalue weighted by Crippen LogP contribution is -2.30. The van der Waals surface area contributed by atoms with E-state index in [1.807, 2.05) is 68.4 Å². The van der Waals surface area contributed by atoms with Gasteiger partial charge >= 0.3 is 0 Å². The van der Waals surface area contributed by atoms with E-state index in [2.05, 4.69) is 10.3 Å². The second-order valence-electron chi connectivity index (χ2n) is 7.10. The number of benzene rings is 2. The van der Waals surface area contributed by atoms with Gasteiger partial charge in [-0.25, -0.2) is 4.98 Å². The topological polar surface area (TPSA) is 64.0 Å². The van der Waals surface area contributed by atoms with Crippen LogP contribution in [0.25, 0.3) is 11.0 Å². The van der Waals surface area contributed by atoms with Gasteiger partial charge in [0.25, 0.3) is 11.5 Å². The largest absolute Gasteiger partial charge is 0.322 e. The van der Waals surface area contributed by atoms with Crippen LogP contribution in [0.1, 0.15) is 27.0 Å². The molecule has 0 atom stereocenters. The highest BCUT2D eigenvalue weighted by atomic mass is 16.2. The van der Waals surface area contributed by atoms with E-state index in [1.54, 1.807) is 22.9 Å². The summed E-state index contributed by atoms with van der Waals surface area (Å²) in [6.07, 6.45) is 1.65. The fraction of sp³-hybridized carbons (Fsp3) is 0.125. The molecule has 29 heavy (non-hydrogen) atoms. The smallest absolute Gasteiger partial charge is 0.265 e. The Balaban J connectivity index is 1.78. The molecule has 5 heteroatoms. The molecule has 0 unspecified atom stereocenters. The number of carbonyl (C=O) groups is 1. The van der Waals surface area contributed by atoms with Crippen molar-refractivity contribution in [3.05, 3.63) is 106 Å². The van der Waals surface area contributed by atoms with Crippen LogP contribution in [-0.2, 0) is 6.54 Å². The molecule has 5 nitrogen and oxygen atoms in total. The molecular formula is C24H21N3O2. The number of hydrogen-bond acceptors (Lipinski definition) is 3. The minimum absolute atomic E-state index is 0.0969. The predicted octanol–water partition coefficient (Wildman–Crippen LogP) is 4.31. The summed E-state index contributed by atoms with van der Waals surface area (Å²) >= 11 is 0. The highest BCUT2D eigenvalue weighted by Crippen LogP contribution is 2.17. The molecule has 0 radical (unpaired) electrons. The number of anilines is 1. The molecule has 0 aliphatic carbocycles. The van der Waals surface area contributed by atoms with Crippen LogP contribution in [0.4, 0.5) is 5.69 Å². The molecule has 0 aliphatic heterocycles. The minimum Gasteiger partial charge on any atom is -0.322 e. The normalized spacial score (nSPS) is 10.8. The lowest BCUT2D eigenvalue weighted by molar-refractivity contribution is 0.102. The third kappa shape index (κ3) is 3.80. The first-order valence-corrected chi connectivity index (χ1v) is 9.44. The summed E-state index contributed by atoms with van der Waals surface area (Å²) in [7, 11) is 0. The Morgan fingerprint density at radius 2 is 1.76 bits per heavy atom. The molecule has 1 amide bonds. The number of amides is 1. The summed E-state index contributed by atoms with van der Waals surface area (Å²) in [5.74, 6) is -0.425. The number of hydrogen-bond donors (Lipinski definition) is 1. The number of aromatic nitrogens is 2. The van der Waals surface area contributed by atoms with Crippen molar-refractivity contribution in [2.24, 2.45) is 0 Å². The van der Waals surface area contributed by atoms with E-state index in [9.17, 15) is 9.59 Å². The average Bonchev–Trinajstić information content (AvgIpc) is 2.73. The quantitative estimate of drug-likeness (QED) is 0.571. The predicted molar refractivity (Wildman–Crippen MR) is 115 cm³/mol. The molecule has 4 aromatic rings. The molecule has 0 bridgehead atoms. The zero-order valence-corrected chi connectivity index (χ0v) is 16.3. The van der Waals surface area contributed by atoms with Crippen molar-refractivity contribution in [3.63, 3.8) is 0 Å². The molecule has 0 saturated heterocycles. The molecule has 2 aromatic carbocycles. The van der Waals surface area contributed by atoms with Crippen LogP contribution in [0.3, 0.4) is 0 Å². The van der Waals surface area contributed by atoms with Crippen molar-refractivity contribution in [1.82, 2.24) is 9.55 Å². The zero-order valence-electron chi connectivity index (χ0n) is 16.3. The lowest BCUT2D eigenvalue weighted by atomic mass is 10.1. The summed E-state index contributed by atoms with van der Waals surface area (Å²) in [5, 5.41) is 3.59. The van der Waals surface area contributed by atoms with Crippen molar-refractivity contribution in [3.8, 4) is 0 Å². The second kappa shape index (κ2) is 7.72. The first kappa shape index (κ1) is 18.6. The van der Waals surface area contributed by atoms with Gasteiger partial charge < -0.3 is 5.32 Å². The standard InChI is InChI=1S/C24H21N3O2/c1-16-10-11-20(13-17(16)2)26-23(28)21-14-19-9-6-12-25-22(19)27(24(21)29)15-18-7-4-3-5-8-18/h3-14H,15H2,1-2H3,(H,26,28). The monoisotopic (exact) mass is 383 g/mol. The van der Waals surface area contributed by atoms with Crippen LogP contribution in [0.5, 0.6) is 0 Å². The molecule has 0 fully saturated rings. The Bertz CT molecular complexity index is 1260. The van der Waals surface area contributed by atoms with Crippen molar-refractivity contribution in [1.29, 1.82) is 0 Å². The third-order valence-electron chi connectivity index (χ3n) is 5.04. The number of pyridine rings is 2.